The molecule has 0 aliphatic rings. The molecule has 0 amide bonds. The second-order valence-electron chi connectivity index (χ2n) is 3.44. The van der Waals surface area contributed by atoms with Crippen LogP contribution in [0.3, 0.4) is 0 Å². The van der Waals surface area contributed by atoms with Gasteiger partial charge in [0.05, 0.1) is 12.5 Å². The molecule has 2 rings (SSSR count). The van der Waals surface area contributed by atoms with Crippen LogP contribution in [0, 0.1) is 5.92 Å². The Morgan fingerprint density at radius 3 is 3.12 bits per heavy atom. The Morgan fingerprint density at radius 2 is 2.50 bits per heavy atom. The van der Waals surface area contributed by atoms with Crippen LogP contribution < -0.4 is 0 Å². The Balaban J connectivity index is 2.23. The predicted octanol–water partition coefficient (Wildman–Crippen LogP) is 1.12. The van der Waals surface area contributed by atoms with E-state index in [0.29, 0.717) is 5.82 Å². The molecule has 2 aromatic heterocycles. The van der Waals surface area contributed by atoms with E-state index in [9.17, 15) is 4.79 Å². The molecule has 1 atom stereocenters. The zero-order valence-corrected chi connectivity index (χ0v) is 9.39. The standard InChI is InChI=1S/C9H10N4O2S/c1-6(9(14)15)4-13-8(10-11-12-13)7-2-3-16-5-7/h2-3,5-6H,4H2,1H3,(H,14,15). The fourth-order valence-corrected chi connectivity index (χ4v) is 1.90. The molecule has 1 unspecified atom stereocenters. The summed E-state index contributed by atoms with van der Waals surface area (Å²) < 4.78 is 1.51. The van der Waals surface area contributed by atoms with Crippen molar-refractivity contribution < 1.29 is 9.90 Å². The fourth-order valence-electron chi connectivity index (χ4n) is 1.26. The summed E-state index contributed by atoms with van der Waals surface area (Å²) in [6.45, 7) is 1.90. The molecule has 0 saturated carbocycles. The molecule has 0 aromatic carbocycles. The number of carboxylic acids is 1. The molecule has 6 nitrogen and oxygen atoms in total. The molecule has 1 N–H and O–H groups in total. The van der Waals surface area contributed by atoms with Crippen molar-refractivity contribution in [3.8, 4) is 11.4 Å². The van der Waals surface area contributed by atoms with Gasteiger partial charge in [0.1, 0.15) is 0 Å². The third-order valence-electron chi connectivity index (χ3n) is 2.18. The Bertz CT molecular complexity index is 479. The van der Waals surface area contributed by atoms with E-state index in [2.05, 4.69) is 15.5 Å². The van der Waals surface area contributed by atoms with Crippen LogP contribution in [0.15, 0.2) is 16.8 Å². The number of aliphatic carboxylic acids is 1. The number of carboxylic acid groups (broad SMARTS) is 1. The molecule has 0 spiro atoms. The SMILES string of the molecule is CC(Cn1nnnc1-c1ccsc1)C(=O)O. The maximum atomic E-state index is 10.7. The molecule has 2 aromatic rings. The first-order valence-electron chi connectivity index (χ1n) is 4.70. The van der Waals surface area contributed by atoms with E-state index < -0.39 is 11.9 Å². The lowest BCUT2D eigenvalue weighted by Gasteiger charge is -2.06. The largest absolute Gasteiger partial charge is 0.481 e. The molecular weight excluding hydrogens is 228 g/mol. The van der Waals surface area contributed by atoms with Crippen LogP contribution in [-0.4, -0.2) is 31.3 Å². The Labute approximate surface area is 95.5 Å². The first-order valence-corrected chi connectivity index (χ1v) is 5.64. The van der Waals surface area contributed by atoms with Crippen LogP contribution in [0.4, 0.5) is 0 Å². The lowest BCUT2D eigenvalue weighted by molar-refractivity contribution is -0.141. The predicted molar refractivity (Wildman–Crippen MR) is 57.9 cm³/mol. The van der Waals surface area contributed by atoms with Crippen LogP contribution in [0.5, 0.6) is 0 Å². The van der Waals surface area contributed by atoms with Crippen molar-refractivity contribution in [3.63, 3.8) is 0 Å². The number of hydrogen-bond donors (Lipinski definition) is 1. The highest BCUT2D eigenvalue weighted by atomic mass is 32.1. The third-order valence-corrected chi connectivity index (χ3v) is 2.86. The highest BCUT2D eigenvalue weighted by molar-refractivity contribution is 7.08. The zero-order valence-electron chi connectivity index (χ0n) is 8.57. The number of nitrogens with zero attached hydrogens (tertiary/aromatic N) is 4. The number of tetrazole rings is 1. The molecule has 84 valence electrons. The summed E-state index contributed by atoms with van der Waals surface area (Å²) in [4.78, 5) is 10.7. The average molecular weight is 238 g/mol. The van der Waals surface area contributed by atoms with E-state index >= 15 is 0 Å². The summed E-state index contributed by atoms with van der Waals surface area (Å²) in [6, 6.07) is 1.90. The fraction of sp³-hybridized carbons (Fsp3) is 0.333. The summed E-state index contributed by atoms with van der Waals surface area (Å²) in [6.07, 6.45) is 0. The van der Waals surface area contributed by atoms with Gasteiger partial charge in [0.2, 0.25) is 0 Å². The molecule has 0 aliphatic heterocycles. The number of hydrogen-bond acceptors (Lipinski definition) is 5. The molecule has 2 heterocycles. The van der Waals surface area contributed by atoms with Gasteiger partial charge in [0, 0.05) is 10.9 Å². The lowest BCUT2D eigenvalue weighted by Crippen LogP contribution is -2.18. The van der Waals surface area contributed by atoms with Crippen molar-refractivity contribution in [2.24, 2.45) is 5.92 Å². The van der Waals surface area contributed by atoms with Crippen LogP contribution in [0.25, 0.3) is 11.4 Å². The van der Waals surface area contributed by atoms with E-state index in [-0.39, 0.29) is 6.54 Å². The Hall–Kier alpha value is -1.76. The average Bonchev–Trinajstić information content (AvgIpc) is 2.85. The minimum Gasteiger partial charge on any atom is -0.481 e. The van der Waals surface area contributed by atoms with Crippen LogP contribution in [-0.2, 0) is 11.3 Å². The number of rotatable bonds is 4. The van der Waals surface area contributed by atoms with E-state index in [4.69, 9.17) is 5.11 Å². The highest BCUT2D eigenvalue weighted by Gasteiger charge is 2.16. The molecule has 7 heteroatoms. The van der Waals surface area contributed by atoms with Crippen molar-refractivity contribution >= 4 is 17.3 Å². The van der Waals surface area contributed by atoms with Gasteiger partial charge in [0.25, 0.3) is 0 Å². The smallest absolute Gasteiger partial charge is 0.308 e. The summed E-state index contributed by atoms with van der Waals surface area (Å²) in [7, 11) is 0. The molecule has 0 radical (unpaired) electrons. The maximum Gasteiger partial charge on any atom is 0.308 e. The minimum absolute atomic E-state index is 0.271. The third kappa shape index (κ3) is 2.08. The lowest BCUT2D eigenvalue weighted by atomic mass is 10.2. The molecule has 0 saturated heterocycles. The molecule has 0 aliphatic carbocycles. The van der Waals surface area contributed by atoms with Crippen molar-refractivity contribution in [1.29, 1.82) is 0 Å². The van der Waals surface area contributed by atoms with E-state index in [1.807, 2.05) is 16.8 Å². The van der Waals surface area contributed by atoms with Gasteiger partial charge >= 0.3 is 5.97 Å². The van der Waals surface area contributed by atoms with E-state index in [1.165, 1.54) is 4.68 Å². The van der Waals surface area contributed by atoms with Gasteiger partial charge in [-0.2, -0.15) is 11.3 Å². The van der Waals surface area contributed by atoms with Gasteiger partial charge in [-0.3, -0.25) is 4.79 Å². The van der Waals surface area contributed by atoms with Crippen LogP contribution in [0.2, 0.25) is 0 Å². The quantitative estimate of drug-likeness (QED) is 0.863. The molecule has 0 bridgehead atoms. The molecule has 16 heavy (non-hydrogen) atoms. The molecular formula is C9H10N4O2S. The van der Waals surface area contributed by atoms with Crippen LogP contribution in [0.1, 0.15) is 6.92 Å². The van der Waals surface area contributed by atoms with Crippen LogP contribution >= 0.6 is 11.3 Å². The molecule has 0 fully saturated rings. The van der Waals surface area contributed by atoms with Crippen molar-refractivity contribution in [2.45, 2.75) is 13.5 Å². The normalized spacial score (nSPS) is 12.6. The van der Waals surface area contributed by atoms with Gasteiger partial charge in [-0.1, -0.05) is 6.92 Å². The van der Waals surface area contributed by atoms with Gasteiger partial charge in [-0.05, 0) is 21.9 Å². The summed E-state index contributed by atoms with van der Waals surface area (Å²) in [5.41, 5.74) is 0.910. The van der Waals surface area contributed by atoms with Gasteiger partial charge < -0.3 is 5.11 Å². The zero-order chi connectivity index (χ0) is 11.5. The first-order chi connectivity index (χ1) is 7.68. The Morgan fingerprint density at radius 1 is 1.69 bits per heavy atom. The summed E-state index contributed by atoms with van der Waals surface area (Å²) >= 11 is 1.55. The number of aromatic nitrogens is 4. The minimum atomic E-state index is -0.855. The highest BCUT2D eigenvalue weighted by Crippen LogP contribution is 2.19. The van der Waals surface area contributed by atoms with E-state index in [0.717, 1.165) is 5.56 Å². The van der Waals surface area contributed by atoms with Crippen molar-refractivity contribution in [3.05, 3.63) is 16.8 Å². The van der Waals surface area contributed by atoms with Gasteiger partial charge in [-0.25, -0.2) is 4.68 Å². The number of carbonyl (C=O) groups is 1. The Kier molecular flexibility index (Phi) is 2.95. The second kappa shape index (κ2) is 4.40. The second-order valence-corrected chi connectivity index (χ2v) is 4.22. The maximum absolute atomic E-state index is 10.7. The number of thiophene rings is 1. The topological polar surface area (TPSA) is 80.9 Å². The van der Waals surface area contributed by atoms with E-state index in [1.54, 1.807) is 18.3 Å². The van der Waals surface area contributed by atoms with Gasteiger partial charge in [0.15, 0.2) is 5.82 Å². The van der Waals surface area contributed by atoms with Crippen molar-refractivity contribution in [1.82, 2.24) is 20.2 Å². The summed E-state index contributed by atoms with van der Waals surface area (Å²) in [5, 5.41) is 23.9. The monoisotopic (exact) mass is 238 g/mol. The van der Waals surface area contributed by atoms with Crippen molar-refractivity contribution in [2.75, 3.05) is 0 Å². The summed E-state index contributed by atoms with van der Waals surface area (Å²) in [5.74, 6) is -0.762. The van der Waals surface area contributed by atoms with Gasteiger partial charge in [-0.15, -0.1) is 5.10 Å². The first kappa shape index (κ1) is 10.7.